The maximum absolute atomic E-state index is 6.92. The Bertz CT molecular complexity index is 2770. The van der Waals surface area contributed by atoms with Crippen LogP contribution >= 0.6 is 0 Å². The molecule has 0 aliphatic carbocycles. The molecule has 12 rings (SSSR count). The Hall–Kier alpha value is -6.07. The number of nitrogens with zero attached hydrogens (tertiary/aromatic N) is 4. The zero-order valence-corrected chi connectivity index (χ0v) is 26.5. The minimum Gasteiger partial charge on any atom is -0.456 e. The third-order valence-corrected chi connectivity index (χ3v) is 11.5. The number of anilines is 1. The van der Waals surface area contributed by atoms with Gasteiger partial charge in [-0.05, 0) is 77.0 Å². The van der Waals surface area contributed by atoms with Crippen LogP contribution < -0.4 is 14.2 Å². The van der Waals surface area contributed by atoms with Crippen molar-refractivity contribution in [2.75, 3.05) is 11.9 Å². The summed E-state index contributed by atoms with van der Waals surface area (Å²) >= 11 is 0. The zero-order chi connectivity index (χ0) is 31.5. The van der Waals surface area contributed by atoms with Gasteiger partial charge < -0.3 is 14.5 Å². The number of fused-ring (bicyclic) bond motifs is 9. The Morgan fingerprint density at radius 1 is 0.667 bits per heavy atom. The van der Waals surface area contributed by atoms with E-state index in [-0.39, 0.29) is 6.17 Å². The molecular weight excluding hydrogens is 589 g/mol. The second-order valence-corrected chi connectivity index (χ2v) is 13.6. The van der Waals surface area contributed by atoms with Crippen molar-refractivity contribution in [2.45, 2.75) is 18.6 Å². The van der Waals surface area contributed by atoms with Crippen molar-refractivity contribution in [1.82, 2.24) is 9.47 Å². The first kappa shape index (κ1) is 25.1. The number of benzene rings is 6. The molecule has 2 atom stereocenters. The van der Waals surface area contributed by atoms with Gasteiger partial charge in [-0.25, -0.2) is 4.57 Å². The van der Waals surface area contributed by atoms with Gasteiger partial charge in [0.05, 0.1) is 28.7 Å². The fourth-order valence-corrected chi connectivity index (χ4v) is 9.95. The molecule has 2 aromatic heterocycles. The summed E-state index contributed by atoms with van der Waals surface area (Å²) in [5.41, 5.74) is 9.34. The summed E-state index contributed by atoms with van der Waals surface area (Å²) < 4.78 is 11.9. The van der Waals surface area contributed by atoms with E-state index in [9.17, 15) is 0 Å². The van der Waals surface area contributed by atoms with Crippen molar-refractivity contribution in [3.63, 3.8) is 0 Å². The fraction of sp³-hybridized carbons (Fsp3) is 0.0930. The van der Waals surface area contributed by atoms with Crippen LogP contribution in [0.2, 0.25) is 0 Å². The van der Waals surface area contributed by atoms with Gasteiger partial charge in [0, 0.05) is 35.1 Å². The summed E-state index contributed by atoms with van der Waals surface area (Å²) in [7, 11) is 2.31. The highest BCUT2D eigenvalue weighted by Gasteiger charge is 2.69. The summed E-state index contributed by atoms with van der Waals surface area (Å²) in [6.45, 7) is 2.31. The number of para-hydroxylation sites is 1. The Morgan fingerprint density at radius 3 is 2.19 bits per heavy atom. The average molecular weight is 618 g/mol. The third-order valence-electron chi connectivity index (χ3n) is 11.5. The molecule has 226 valence electrons. The van der Waals surface area contributed by atoms with E-state index in [0.29, 0.717) is 0 Å². The lowest BCUT2D eigenvalue weighted by molar-refractivity contribution is -0.743. The standard InChI is InChI=1S/C43H29N4O/c1-25-40(37-28-14-5-3-12-26(28)24-27-13-4-6-15-29(27)37)44(2)42-43-38-33(46(25)42)18-11-19-34(38)48-35-22-21-31-30-16-7-8-17-32(30)47(41(31)39(35)43)36-20-9-10-23-45(36)43/h3-24,42H,1-2H3/q+1. The van der Waals surface area contributed by atoms with E-state index < -0.39 is 5.54 Å². The van der Waals surface area contributed by atoms with E-state index in [4.69, 9.17) is 4.74 Å². The lowest BCUT2D eigenvalue weighted by Crippen LogP contribution is -2.70. The number of pyridine rings is 1. The van der Waals surface area contributed by atoms with Crippen LogP contribution in [0.15, 0.2) is 139 Å². The molecule has 0 saturated heterocycles. The molecule has 0 radical (unpaired) electrons. The highest BCUT2D eigenvalue weighted by atomic mass is 16.5. The van der Waals surface area contributed by atoms with Gasteiger partial charge in [-0.2, -0.15) is 4.57 Å². The molecule has 4 aliphatic heterocycles. The summed E-state index contributed by atoms with van der Waals surface area (Å²) in [5.74, 6) is 3.02. The summed E-state index contributed by atoms with van der Waals surface area (Å²) in [6, 6.07) is 46.5. The van der Waals surface area contributed by atoms with Crippen LogP contribution in [0.1, 0.15) is 23.6 Å². The second kappa shape index (κ2) is 8.25. The number of hydrogen-bond donors (Lipinski definition) is 0. The minimum atomic E-state index is -0.585. The van der Waals surface area contributed by atoms with Gasteiger partial charge >= 0.3 is 0 Å². The molecule has 4 aliphatic rings. The molecule has 0 fully saturated rings. The molecule has 1 spiro atoms. The van der Waals surface area contributed by atoms with Crippen LogP contribution in [0.3, 0.4) is 0 Å². The van der Waals surface area contributed by atoms with Gasteiger partial charge in [-0.15, -0.1) is 0 Å². The molecule has 6 heterocycles. The van der Waals surface area contributed by atoms with Gasteiger partial charge in [-0.1, -0.05) is 72.8 Å². The molecule has 0 bridgehead atoms. The van der Waals surface area contributed by atoms with Crippen molar-refractivity contribution in [1.29, 1.82) is 0 Å². The summed E-state index contributed by atoms with van der Waals surface area (Å²) in [4.78, 5) is 5.17. The molecule has 48 heavy (non-hydrogen) atoms. The van der Waals surface area contributed by atoms with Gasteiger partial charge in [0.1, 0.15) is 17.0 Å². The van der Waals surface area contributed by atoms with Crippen molar-refractivity contribution in [3.8, 4) is 17.3 Å². The van der Waals surface area contributed by atoms with Gasteiger partial charge in [0.25, 0.3) is 5.82 Å². The number of likely N-dealkylation sites (N-methyl/N-ethyl adjacent to an activating group) is 1. The molecule has 8 aromatic rings. The number of allylic oxidation sites excluding steroid dienone is 1. The molecule has 0 N–H and O–H groups in total. The average Bonchev–Trinajstić information content (AvgIpc) is 3.72. The molecule has 5 nitrogen and oxygen atoms in total. The normalized spacial score (nSPS) is 19.8. The number of ether oxygens (including phenoxy) is 1. The van der Waals surface area contributed by atoms with E-state index in [1.807, 2.05) is 0 Å². The largest absolute Gasteiger partial charge is 0.456 e. The predicted molar refractivity (Wildman–Crippen MR) is 192 cm³/mol. The molecule has 0 amide bonds. The Kier molecular flexibility index (Phi) is 4.31. The predicted octanol–water partition coefficient (Wildman–Crippen LogP) is 9.07. The lowest BCUT2D eigenvalue weighted by atomic mass is 9.76. The smallest absolute Gasteiger partial charge is 0.288 e. The minimum absolute atomic E-state index is 0.0763. The first-order valence-corrected chi connectivity index (χ1v) is 16.7. The molecule has 0 saturated carbocycles. The Balaban J connectivity index is 1.25. The van der Waals surface area contributed by atoms with Gasteiger partial charge in [0.15, 0.2) is 11.7 Å². The first-order chi connectivity index (χ1) is 23.7. The number of aromatic nitrogens is 2. The van der Waals surface area contributed by atoms with Crippen molar-refractivity contribution in [3.05, 3.63) is 156 Å². The van der Waals surface area contributed by atoms with E-state index >= 15 is 0 Å². The lowest BCUT2D eigenvalue weighted by Gasteiger charge is -2.43. The van der Waals surface area contributed by atoms with Crippen molar-refractivity contribution >= 4 is 54.7 Å². The first-order valence-electron chi connectivity index (χ1n) is 16.7. The number of hydrogen-bond acceptors (Lipinski definition) is 3. The van der Waals surface area contributed by atoms with Crippen molar-refractivity contribution < 1.29 is 9.30 Å². The highest BCUT2D eigenvalue weighted by Crippen LogP contribution is 2.64. The van der Waals surface area contributed by atoms with E-state index in [1.54, 1.807) is 0 Å². The maximum Gasteiger partial charge on any atom is 0.288 e. The highest BCUT2D eigenvalue weighted by molar-refractivity contribution is 6.13. The van der Waals surface area contributed by atoms with E-state index in [1.165, 1.54) is 77.1 Å². The van der Waals surface area contributed by atoms with Gasteiger partial charge in [-0.3, -0.25) is 0 Å². The number of rotatable bonds is 1. The van der Waals surface area contributed by atoms with Crippen LogP contribution in [0.4, 0.5) is 5.69 Å². The van der Waals surface area contributed by atoms with Gasteiger partial charge in [0.2, 0.25) is 5.54 Å². The maximum atomic E-state index is 6.92. The molecule has 2 unspecified atom stereocenters. The van der Waals surface area contributed by atoms with E-state index in [2.05, 4.69) is 166 Å². The van der Waals surface area contributed by atoms with Crippen molar-refractivity contribution in [2.24, 2.45) is 0 Å². The second-order valence-electron chi connectivity index (χ2n) is 13.6. The quantitative estimate of drug-likeness (QED) is 0.136. The molecule has 6 aromatic carbocycles. The van der Waals surface area contributed by atoms with Crippen LogP contribution in [0, 0.1) is 0 Å². The third kappa shape index (κ3) is 2.59. The summed E-state index contributed by atoms with van der Waals surface area (Å²) in [5, 5.41) is 7.58. The topological polar surface area (TPSA) is 24.5 Å². The summed E-state index contributed by atoms with van der Waals surface area (Å²) in [6.07, 6.45) is 2.21. The molecule has 5 heteroatoms. The Morgan fingerprint density at radius 2 is 1.38 bits per heavy atom. The fourth-order valence-electron chi connectivity index (χ4n) is 9.95. The molecular formula is C43H29N4O+. The van der Waals surface area contributed by atoms with Crippen LogP contribution in [0.25, 0.3) is 54.9 Å². The van der Waals surface area contributed by atoms with Crippen LogP contribution in [0.5, 0.6) is 11.5 Å². The zero-order valence-electron chi connectivity index (χ0n) is 26.5. The van der Waals surface area contributed by atoms with Crippen LogP contribution in [-0.2, 0) is 5.54 Å². The Labute approximate surface area is 276 Å². The van der Waals surface area contributed by atoms with Crippen LogP contribution in [-0.4, -0.2) is 22.7 Å². The SMILES string of the molecule is CC1=C(c2c3ccccc3cc3ccccc23)N(C)C2N1c1cccc3c1C21c2c(ccc4c5ccccc5n(c24)-c2cccc[n+]21)O3. The monoisotopic (exact) mass is 617 g/mol. The van der Waals surface area contributed by atoms with E-state index in [0.717, 1.165) is 17.3 Å².